The second-order valence-corrected chi connectivity index (χ2v) is 9.99. The molecule has 5 aromatic carbocycles. The number of nitriles is 1. The third-order valence-corrected chi connectivity index (χ3v) is 7.68. The summed E-state index contributed by atoms with van der Waals surface area (Å²) in [5.41, 5.74) is 9.86. The maximum absolute atomic E-state index is 9.29. The van der Waals surface area contributed by atoms with Crippen LogP contribution in [0.3, 0.4) is 0 Å². The Morgan fingerprint density at radius 3 is 2.12 bits per heavy atom. The van der Waals surface area contributed by atoms with E-state index in [1.165, 1.54) is 10.8 Å². The molecule has 4 heteroatoms. The van der Waals surface area contributed by atoms with Gasteiger partial charge in [-0.2, -0.15) is 5.26 Å². The summed E-state index contributed by atoms with van der Waals surface area (Å²) in [5, 5.41) is 13.9. The normalized spacial score (nSPS) is 11.5. The van der Waals surface area contributed by atoms with Crippen LogP contribution in [-0.2, 0) is 0 Å². The van der Waals surface area contributed by atoms with E-state index in [-0.39, 0.29) is 0 Å². The smallest absolute Gasteiger partial charge is 0.141 e. The predicted molar refractivity (Wildman–Crippen MR) is 161 cm³/mol. The van der Waals surface area contributed by atoms with E-state index in [1.807, 2.05) is 24.3 Å². The second kappa shape index (κ2) is 8.69. The number of aromatic nitrogens is 2. The van der Waals surface area contributed by atoms with Gasteiger partial charge in [0.15, 0.2) is 0 Å². The summed E-state index contributed by atoms with van der Waals surface area (Å²) < 4.78 is 8.58. The average molecular weight is 512 g/mol. The Morgan fingerprint density at radius 2 is 1.27 bits per heavy atom. The molecule has 40 heavy (non-hydrogen) atoms. The summed E-state index contributed by atoms with van der Waals surface area (Å²) in [6, 6.07) is 44.2. The summed E-state index contributed by atoms with van der Waals surface area (Å²) in [6.07, 6.45) is 1.68. The van der Waals surface area contributed by atoms with Crippen LogP contribution >= 0.6 is 0 Å². The van der Waals surface area contributed by atoms with Crippen LogP contribution in [0.2, 0.25) is 0 Å². The zero-order chi connectivity index (χ0) is 26.6. The number of rotatable bonds is 3. The molecular weight excluding hydrogens is 490 g/mol. The van der Waals surface area contributed by atoms with E-state index in [0.717, 1.165) is 60.9 Å². The topological polar surface area (TPSA) is 54.8 Å². The molecule has 0 saturated carbocycles. The number of nitrogens with zero attached hydrogens (tertiary/aromatic N) is 3. The molecule has 8 rings (SSSR count). The minimum atomic E-state index is 0.413. The highest BCUT2D eigenvalue weighted by Crippen LogP contribution is 2.38. The minimum Gasteiger partial charge on any atom is -0.456 e. The van der Waals surface area contributed by atoms with Crippen molar-refractivity contribution < 1.29 is 4.42 Å². The molecule has 0 radical (unpaired) electrons. The van der Waals surface area contributed by atoms with Crippen LogP contribution in [0.1, 0.15) is 5.69 Å². The molecule has 0 aliphatic rings. The van der Waals surface area contributed by atoms with E-state index in [4.69, 9.17) is 4.42 Å². The molecular formula is C36H21N3O. The predicted octanol–water partition coefficient (Wildman–Crippen LogP) is 9.28. The summed E-state index contributed by atoms with van der Waals surface area (Å²) in [6.45, 7) is 0. The average Bonchev–Trinajstić information content (AvgIpc) is 3.55. The van der Waals surface area contributed by atoms with Gasteiger partial charge < -0.3 is 8.98 Å². The molecule has 0 unspecified atom stereocenters. The summed E-state index contributed by atoms with van der Waals surface area (Å²) in [4.78, 5) is 4.12. The number of hydrogen-bond acceptors (Lipinski definition) is 3. The van der Waals surface area contributed by atoms with Crippen molar-refractivity contribution in [2.45, 2.75) is 0 Å². The first kappa shape index (κ1) is 22.3. The van der Waals surface area contributed by atoms with Gasteiger partial charge in [-0.25, -0.2) is 4.98 Å². The van der Waals surface area contributed by atoms with Crippen LogP contribution in [0.15, 0.2) is 132 Å². The first-order valence-corrected chi connectivity index (χ1v) is 13.2. The molecule has 0 fully saturated rings. The fourth-order valence-corrected chi connectivity index (χ4v) is 5.84. The Balaban J connectivity index is 1.33. The molecule has 0 N–H and O–H groups in total. The fraction of sp³-hybridized carbons (Fsp3) is 0. The fourth-order valence-electron chi connectivity index (χ4n) is 5.84. The van der Waals surface area contributed by atoms with Crippen molar-refractivity contribution in [3.8, 4) is 34.0 Å². The van der Waals surface area contributed by atoms with Crippen molar-refractivity contribution in [1.29, 1.82) is 5.26 Å². The number of benzene rings is 5. The molecule has 0 aliphatic heterocycles. The zero-order valence-corrected chi connectivity index (χ0v) is 21.4. The van der Waals surface area contributed by atoms with Gasteiger partial charge in [0.1, 0.15) is 22.9 Å². The van der Waals surface area contributed by atoms with Crippen LogP contribution in [0, 0.1) is 11.3 Å². The molecule has 0 saturated heterocycles. The third-order valence-electron chi connectivity index (χ3n) is 7.68. The van der Waals surface area contributed by atoms with Gasteiger partial charge in [0.05, 0.1) is 11.0 Å². The van der Waals surface area contributed by atoms with E-state index < -0.39 is 0 Å². The standard InChI is InChI=1S/C36H21N3O/c37-22-27-18-26(15-16-38-27)24-8-5-7-23(17-24)25-9-6-10-28(19-25)39-33-13-3-1-11-29(33)31-21-36-32(20-34(31)39)30-12-2-4-14-35(30)40-36/h1-21H. The lowest BCUT2D eigenvalue weighted by Gasteiger charge is -2.11. The van der Waals surface area contributed by atoms with Gasteiger partial charge in [-0.1, -0.05) is 66.7 Å². The molecule has 0 atom stereocenters. The largest absolute Gasteiger partial charge is 0.456 e. The third kappa shape index (κ3) is 3.42. The molecule has 3 aromatic heterocycles. The highest BCUT2D eigenvalue weighted by atomic mass is 16.3. The Morgan fingerprint density at radius 1 is 0.550 bits per heavy atom. The molecule has 8 aromatic rings. The lowest BCUT2D eigenvalue weighted by atomic mass is 9.99. The molecule has 0 aliphatic carbocycles. The Kier molecular flexibility index (Phi) is 4.85. The molecule has 0 amide bonds. The first-order chi connectivity index (χ1) is 19.8. The van der Waals surface area contributed by atoms with Crippen LogP contribution in [0.4, 0.5) is 0 Å². The van der Waals surface area contributed by atoms with Crippen molar-refractivity contribution >= 4 is 43.7 Å². The lowest BCUT2D eigenvalue weighted by Crippen LogP contribution is -1.94. The SMILES string of the molecule is N#Cc1cc(-c2cccc(-c3cccc(-n4c5ccccc5c5cc6oc7ccccc7c6cc54)c3)c2)ccn1. The van der Waals surface area contributed by atoms with Gasteiger partial charge in [-0.3, -0.25) is 0 Å². The number of furan rings is 1. The maximum atomic E-state index is 9.29. The quantitative estimate of drug-likeness (QED) is 0.237. The van der Waals surface area contributed by atoms with Crippen LogP contribution < -0.4 is 0 Å². The number of para-hydroxylation sites is 2. The van der Waals surface area contributed by atoms with E-state index in [2.05, 4.69) is 113 Å². The van der Waals surface area contributed by atoms with Gasteiger partial charge in [0.25, 0.3) is 0 Å². The van der Waals surface area contributed by atoms with E-state index in [9.17, 15) is 5.26 Å². The van der Waals surface area contributed by atoms with Gasteiger partial charge in [-0.15, -0.1) is 0 Å². The van der Waals surface area contributed by atoms with Gasteiger partial charge >= 0.3 is 0 Å². The van der Waals surface area contributed by atoms with Crippen LogP contribution in [0.5, 0.6) is 0 Å². The van der Waals surface area contributed by atoms with E-state index in [1.54, 1.807) is 6.20 Å². The number of pyridine rings is 1. The molecule has 4 nitrogen and oxygen atoms in total. The van der Waals surface area contributed by atoms with Crippen molar-refractivity contribution in [2.24, 2.45) is 0 Å². The van der Waals surface area contributed by atoms with Crippen molar-refractivity contribution in [2.75, 3.05) is 0 Å². The van der Waals surface area contributed by atoms with Crippen LogP contribution in [0.25, 0.3) is 71.7 Å². The van der Waals surface area contributed by atoms with Gasteiger partial charge in [-0.05, 0) is 76.9 Å². The molecule has 0 bridgehead atoms. The lowest BCUT2D eigenvalue weighted by molar-refractivity contribution is 0.669. The Labute approximate surface area is 230 Å². The maximum Gasteiger partial charge on any atom is 0.141 e. The van der Waals surface area contributed by atoms with Crippen molar-refractivity contribution in [3.05, 3.63) is 133 Å². The number of hydrogen-bond donors (Lipinski definition) is 0. The first-order valence-electron chi connectivity index (χ1n) is 13.2. The summed E-state index contributed by atoms with van der Waals surface area (Å²) >= 11 is 0. The Bertz CT molecular complexity index is 2300. The van der Waals surface area contributed by atoms with Gasteiger partial charge in [0.2, 0.25) is 0 Å². The monoisotopic (exact) mass is 511 g/mol. The molecule has 0 spiro atoms. The molecule has 186 valence electrons. The van der Waals surface area contributed by atoms with E-state index in [0.29, 0.717) is 5.69 Å². The molecule has 3 heterocycles. The summed E-state index contributed by atoms with van der Waals surface area (Å²) in [5.74, 6) is 0. The highest BCUT2D eigenvalue weighted by molar-refractivity contribution is 6.17. The van der Waals surface area contributed by atoms with Crippen molar-refractivity contribution in [1.82, 2.24) is 9.55 Å². The number of fused-ring (bicyclic) bond motifs is 6. The van der Waals surface area contributed by atoms with Gasteiger partial charge in [0, 0.05) is 33.4 Å². The highest BCUT2D eigenvalue weighted by Gasteiger charge is 2.16. The Hall–Kier alpha value is -5.66. The van der Waals surface area contributed by atoms with Crippen molar-refractivity contribution in [3.63, 3.8) is 0 Å². The van der Waals surface area contributed by atoms with Crippen LogP contribution in [-0.4, -0.2) is 9.55 Å². The minimum absolute atomic E-state index is 0.413. The second-order valence-electron chi connectivity index (χ2n) is 9.99. The zero-order valence-electron chi connectivity index (χ0n) is 21.4. The van der Waals surface area contributed by atoms with E-state index >= 15 is 0 Å². The summed E-state index contributed by atoms with van der Waals surface area (Å²) in [7, 11) is 0.